The summed E-state index contributed by atoms with van der Waals surface area (Å²) in [4.78, 5) is 29.1. The van der Waals surface area contributed by atoms with E-state index in [0.717, 1.165) is 16.0 Å². The van der Waals surface area contributed by atoms with Crippen LogP contribution in [0, 0.1) is 17.8 Å². The predicted molar refractivity (Wildman–Crippen MR) is 118 cm³/mol. The van der Waals surface area contributed by atoms with Crippen molar-refractivity contribution in [1.82, 2.24) is 4.90 Å². The number of phenolic OH excluding ortho intramolecular Hbond substituents is 1. The highest BCUT2D eigenvalue weighted by Gasteiger charge is 2.57. The van der Waals surface area contributed by atoms with Crippen molar-refractivity contribution in [1.29, 1.82) is 0 Å². The number of likely N-dealkylation sites (tertiary alicyclic amines) is 1. The zero-order valence-corrected chi connectivity index (χ0v) is 18.5. The summed E-state index contributed by atoms with van der Waals surface area (Å²) in [6.07, 6.45) is 0.325. The van der Waals surface area contributed by atoms with Crippen molar-refractivity contribution in [2.24, 2.45) is 17.8 Å². The van der Waals surface area contributed by atoms with Gasteiger partial charge in [0.2, 0.25) is 11.8 Å². The van der Waals surface area contributed by atoms with Crippen LogP contribution in [-0.4, -0.2) is 47.7 Å². The summed E-state index contributed by atoms with van der Waals surface area (Å²) in [5, 5.41) is 22.8. The number of hydrogen-bond donors (Lipinski definition) is 2. The van der Waals surface area contributed by atoms with Crippen molar-refractivity contribution < 1.29 is 29.1 Å². The Hall–Kier alpha value is -2.46. The largest absolute Gasteiger partial charge is 0.508 e. The highest BCUT2D eigenvalue weighted by molar-refractivity contribution is 7.09. The molecule has 0 unspecified atom stereocenters. The van der Waals surface area contributed by atoms with E-state index in [1.165, 1.54) is 16.2 Å². The fourth-order valence-corrected chi connectivity index (χ4v) is 6.13. The highest BCUT2D eigenvalue weighted by Crippen LogP contribution is 2.51. The second-order valence-corrected chi connectivity index (χ2v) is 9.62. The van der Waals surface area contributed by atoms with Gasteiger partial charge in [-0.25, -0.2) is 0 Å². The molecule has 4 atom stereocenters. The average Bonchev–Trinajstić information content (AvgIpc) is 3.37. The molecule has 1 aromatic heterocycles. The minimum absolute atomic E-state index is 0.109. The number of ether oxygens (including phenoxy) is 1. The summed E-state index contributed by atoms with van der Waals surface area (Å²) in [5.41, 5.74) is 2.23. The number of amides is 2. The van der Waals surface area contributed by atoms with Gasteiger partial charge < -0.3 is 19.5 Å². The molecular weight excluding hydrogens is 429 g/mol. The Kier molecular flexibility index (Phi) is 5.67. The van der Waals surface area contributed by atoms with E-state index in [1.807, 2.05) is 23.6 Å². The molecule has 0 bridgehead atoms. The second kappa shape index (κ2) is 8.48. The first kappa shape index (κ1) is 21.4. The van der Waals surface area contributed by atoms with Crippen LogP contribution in [0.1, 0.15) is 29.4 Å². The molecule has 9 heteroatoms. The maximum absolute atomic E-state index is 13.5. The fourth-order valence-electron chi connectivity index (χ4n) is 5.44. The molecule has 0 saturated carbocycles. The SMILES string of the molecule is COCC1=C2B(O)O[C@H](c3cccc(O)c3)C[C@H]2[C@H]2C(=O)N(Cc3cccs3)C(=O)[C@H]2C1. The standard InChI is InChI=1S/C23H24BNO6S/c1-30-12-14-9-18-20(23(28)25(22(18)27)11-16-6-3-7-32-16)17-10-19(31-24(29)21(14)17)13-4-2-5-15(26)8-13/h2-8,17-20,26,29H,9-12H2,1H3/t17-,18-,19-,20+/m0/s1. The lowest BCUT2D eigenvalue weighted by molar-refractivity contribution is -0.140. The van der Waals surface area contributed by atoms with Gasteiger partial charge in [-0.15, -0.1) is 11.3 Å². The Bertz CT molecular complexity index is 1070. The number of nitrogens with zero attached hydrogens (tertiary/aromatic N) is 1. The Morgan fingerprint density at radius 2 is 2.06 bits per heavy atom. The molecule has 3 aliphatic rings. The number of carbonyl (C=O) groups is 2. The van der Waals surface area contributed by atoms with Gasteiger partial charge in [0.05, 0.1) is 31.1 Å². The first-order chi connectivity index (χ1) is 15.5. The Morgan fingerprint density at radius 1 is 1.22 bits per heavy atom. The van der Waals surface area contributed by atoms with Crippen LogP contribution in [0.4, 0.5) is 0 Å². The Balaban J connectivity index is 1.51. The molecule has 5 rings (SSSR count). The van der Waals surface area contributed by atoms with Crippen LogP contribution >= 0.6 is 11.3 Å². The predicted octanol–water partition coefficient (Wildman–Crippen LogP) is 2.70. The molecule has 32 heavy (non-hydrogen) atoms. The molecule has 2 N–H and O–H groups in total. The third-order valence-electron chi connectivity index (χ3n) is 6.76. The monoisotopic (exact) mass is 453 g/mol. The number of benzene rings is 1. The van der Waals surface area contributed by atoms with E-state index in [0.29, 0.717) is 18.3 Å². The van der Waals surface area contributed by atoms with E-state index < -0.39 is 25.1 Å². The molecule has 0 radical (unpaired) electrons. The number of rotatable bonds is 5. The van der Waals surface area contributed by atoms with Crippen LogP contribution in [0.3, 0.4) is 0 Å². The number of carbonyl (C=O) groups excluding carboxylic acids is 2. The van der Waals surface area contributed by atoms with Crippen LogP contribution in [-0.2, 0) is 25.5 Å². The fraction of sp³-hybridized carbons (Fsp3) is 0.391. The first-order valence-electron chi connectivity index (χ1n) is 10.7. The van der Waals surface area contributed by atoms with Crippen molar-refractivity contribution in [3.63, 3.8) is 0 Å². The maximum atomic E-state index is 13.5. The van der Waals surface area contributed by atoms with E-state index in [4.69, 9.17) is 9.39 Å². The molecule has 7 nitrogen and oxygen atoms in total. The molecule has 1 aromatic carbocycles. The maximum Gasteiger partial charge on any atom is 0.487 e. The van der Waals surface area contributed by atoms with Crippen LogP contribution in [0.25, 0.3) is 0 Å². The van der Waals surface area contributed by atoms with Gasteiger partial charge in [-0.3, -0.25) is 14.5 Å². The van der Waals surface area contributed by atoms with Gasteiger partial charge in [-0.2, -0.15) is 0 Å². The van der Waals surface area contributed by atoms with Gasteiger partial charge in [0.15, 0.2) is 0 Å². The number of aromatic hydroxyl groups is 1. The quantitative estimate of drug-likeness (QED) is 0.534. The summed E-state index contributed by atoms with van der Waals surface area (Å²) in [5.74, 6) is -1.56. The van der Waals surface area contributed by atoms with Gasteiger partial charge >= 0.3 is 7.12 Å². The van der Waals surface area contributed by atoms with Crippen molar-refractivity contribution in [2.75, 3.05) is 13.7 Å². The van der Waals surface area contributed by atoms with E-state index in [2.05, 4.69) is 0 Å². The molecule has 166 valence electrons. The number of allylic oxidation sites excluding steroid dienone is 1. The van der Waals surface area contributed by atoms with Gasteiger partial charge in [0, 0.05) is 12.0 Å². The third-order valence-corrected chi connectivity index (χ3v) is 7.62. The molecule has 1 aliphatic carbocycles. The van der Waals surface area contributed by atoms with E-state index in [-0.39, 0.29) is 36.6 Å². The summed E-state index contributed by atoms with van der Waals surface area (Å²) in [6.45, 7) is 0.553. The number of thiophene rings is 1. The van der Waals surface area contributed by atoms with Crippen LogP contribution < -0.4 is 0 Å². The average molecular weight is 453 g/mol. The molecule has 0 spiro atoms. The smallest absolute Gasteiger partial charge is 0.487 e. The Labute approximate surface area is 190 Å². The van der Waals surface area contributed by atoms with Gasteiger partial charge in [0.1, 0.15) is 5.75 Å². The topological polar surface area (TPSA) is 96.3 Å². The lowest BCUT2D eigenvalue weighted by Gasteiger charge is -2.42. The minimum atomic E-state index is -1.19. The van der Waals surface area contributed by atoms with E-state index in [1.54, 1.807) is 25.3 Å². The summed E-state index contributed by atoms with van der Waals surface area (Å²) >= 11 is 1.52. The highest BCUT2D eigenvalue weighted by atomic mass is 32.1. The van der Waals surface area contributed by atoms with Crippen LogP contribution in [0.15, 0.2) is 52.8 Å². The molecule has 2 amide bonds. The Morgan fingerprint density at radius 3 is 2.78 bits per heavy atom. The summed E-state index contributed by atoms with van der Waals surface area (Å²) < 4.78 is 11.3. The number of fused-ring (bicyclic) bond motifs is 3. The van der Waals surface area contributed by atoms with Crippen molar-refractivity contribution in [3.05, 3.63) is 63.3 Å². The van der Waals surface area contributed by atoms with Crippen molar-refractivity contribution >= 4 is 30.3 Å². The molecule has 2 fully saturated rings. The molecule has 3 heterocycles. The lowest BCUT2D eigenvalue weighted by Crippen LogP contribution is -2.45. The summed E-state index contributed by atoms with van der Waals surface area (Å²) in [6, 6.07) is 10.6. The van der Waals surface area contributed by atoms with Gasteiger partial charge in [-0.05, 0) is 58.9 Å². The normalized spacial score (nSPS) is 27.7. The van der Waals surface area contributed by atoms with Crippen molar-refractivity contribution in [3.8, 4) is 5.75 Å². The summed E-state index contributed by atoms with van der Waals surface area (Å²) in [7, 11) is 0.381. The second-order valence-electron chi connectivity index (χ2n) is 8.58. The molecule has 2 aliphatic heterocycles. The molecule has 2 aromatic rings. The van der Waals surface area contributed by atoms with E-state index >= 15 is 0 Å². The van der Waals surface area contributed by atoms with Crippen molar-refractivity contribution in [2.45, 2.75) is 25.5 Å². The zero-order valence-electron chi connectivity index (χ0n) is 17.6. The minimum Gasteiger partial charge on any atom is -0.508 e. The van der Waals surface area contributed by atoms with Gasteiger partial charge in [0.25, 0.3) is 0 Å². The van der Waals surface area contributed by atoms with Crippen LogP contribution in [0.2, 0.25) is 0 Å². The lowest BCUT2D eigenvalue weighted by atomic mass is 9.55. The van der Waals surface area contributed by atoms with E-state index in [9.17, 15) is 19.7 Å². The number of imide groups is 1. The van der Waals surface area contributed by atoms with Crippen LogP contribution in [0.5, 0.6) is 5.75 Å². The first-order valence-corrected chi connectivity index (χ1v) is 11.6. The molecular formula is C23H24BNO6S. The number of phenols is 1. The zero-order chi connectivity index (χ0) is 22.4. The molecule has 2 saturated heterocycles. The number of hydrogen-bond acceptors (Lipinski definition) is 7. The van der Waals surface area contributed by atoms with Gasteiger partial charge in [-0.1, -0.05) is 18.2 Å². The third kappa shape index (κ3) is 3.59. The number of methoxy groups -OCH3 is 1.